The maximum absolute atomic E-state index is 6.42. The summed E-state index contributed by atoms with van der Waals surface area (Å²) in [6.07, 6.45) is 0. The van der Waals surface area contributed by atoms with Crippen molar-refractivity contribution in [1.82, 2.24) is 9.55 Å². The first kappa shape index (κ1) is 28.6. The van der Waals surface area contributed by atoms with Crippen molar-refractivity contribution in [2.24, 2.45) is 0 Å². The standard InChI is InChI=1S/C51H30N2O/c1-4-17-36-32(14-1)33-15-2-5-18-37(33)50(36)39-20-7-9-22-41(39)51(42-23-10-8-21-40(42)50)38-19-6-3-16-34(38)35-29-28-31(30-43(35)51)49-52-44-24-13-27-47-48(44)53(49)45-25-11-12-26-46(45)54-47/h1-30H. The van der Waals surface area contributed by atoms with Crippen LogP contribution in [-0.2, 0) is 10.8 Å². The van der Waals surface area contributed by atoms with Crippen LogP contribution in [0.3, 0.4) is 0 Å². The fraction of sp³-hybridized carbons (Fsp3) is 0.0392. The average molecular weight is 687 g/mol. The lowest BCUT2D eigenvalue weighted by Crippen LogP contribution is -2.43. The van der Waals surface area contributed by atoms with Gasteiger partial charge >= 0.3 is 0 Å². The number of para-hydroxylation sites is 3. The normalized spacial score (nSPS) is 15.1. The van der Waals surface area contributed by atoms with Gasteiger partial charge < -0.3 is 4.74 Å². The quantitative estimate of drug-likeness (QED) is 0.172. The highest BCUT2D eigenvalue weighted by Gasteiger charge is 2.58. The van der Waals surface area contributed by atoms with Crippen LogP contribution < -0.4 is 4.74 Å². The highest BCUT2D eigenvalue weighted by atomic mass is 16.5. The third-order valence-electron chi connectivity index (χ3n) is 12.7. The molecule has 0 radical (unpaired) electrons. The van der Waals surface area contributed by atoms with Gasteiger partial charge in [0.1, 0.15) is 11.3 Å². The molecular weight excluding hydrogens is 657 g/mol. The van der Waals surface area contributed by atoms with E-state index in [0.717, 1.165) is 39.6 Å². The van der Waals surface area contributed by atoms with Crippen LogP contribution in [0.25, 0.3) is 50.4 Å². The van der Waals surface area contributed by atoms with E-state index in [4.69, 9.17) is 9.72 Å². The van der Waals surface area contributed by atoms with Gasteiger partial charge in [0.05, 0.1) is 22.0 Å². The van der Waals surface area contributed by atoms with Crippen LogP contribution in [0, 0.1) is 0 Å². The summed E-state index contributed by atoms with van der Waals surface area (Å²) in [6.45, 7) is 0. The van der Waals surface area contributed by atoms with E-state index in [0.29, 0.717) is 0 Å². The van der Waals surface area contributed by atoms with E-state index in [1.54, 1.807) is 0 Å². The van der Waals surface area contributed by atoms with Crippen molar-refractivity contribution in [3.63, 3.8) is 0 Å². The molecule has 1 aromatic heterocycles. The van der Waals surface area contributed by atoms with Gasteiger partial charge in [-0.25, -0.2) is 4.98 Å². The SMILES string of the molecule is c1ccc2c(c1)Oc1cccc3nc(-c4ccc5c(c4)C4(c6ccccc6-5)c5ccccc5C5(c6ccccc6-c6ccccc65)c5ccccc54)n-2c13. The molecule has 0 amide bonds. The predicted molar refractivity (Wildman–Crippen MR) is 215 cm³/mol. The predicted octanol–water partition coefficient (Wildman–Crippen LogP) is 11.8. The third-order valence-corrected chi connectivity index (χ3v) is 12.7. The number of imidazole rings is 1. The highest BCUT2D eigenvalue weighted by molar-refractivity contribution is 5.96. The van der Waals surface area contributed by atoms with Gasteiger partial charge in [0.2, 0.25) is 0 Å². The van der Waals surface area contributed by atoms with Crippen LogP contribution in [-0.4, -0.2) is 9.55 Å². The Labute approximate surface area is 312 Å². The van der Waals surface area contributed by atoms with E-state index in [2.05, 4.69) is 162 Å². The van der Waals surface area contributed by atoms with E-state index >= 15 is 0 Å². The van der Waals surface area contributed by atoms with Crippen LogP contribution in [0.15, 0.2) is 182 Å². The smallest absolute Gasteiger partial charge is 0.153 e. The molecule has 4 aliphatic rings. The summed E-state index contributed by atoms with van der Waals surface area (Å²) in [5.74, 6) is 2.57. The van der Waals surface area contributed by atoms with Gasteiger partial charge in [-0.1, -0.05) is 152 Å². The monoisotopic (exact) mass is 686 g/mol. The number of rotatable bonds is 1. The first-order valence-electron chi connectivity index (χ1n) is 18.7. The Bertz CT molecular complexity index is 3020. The maximum Gasteiger partial charge on any atom is 0.153 e. The molecular formula is C51H30N2O. The molecule has 0 atom stereocenters. The van der Waals surface area contributed by atoms with Crippen molar-refractivity contribution < 1.29 is 4.74 Å². The Kier molecular flexibility index (Phi) is 5.25. The van der Waals surface area contributed by atoms with E-state index in [9.17, 15) is 0 Å². The minimum Gasteiger partial charge on any atom is -0.453 e. The molecule has 0 fully saturated rings. The molecule has 0 unspecified atom stereocenters. The van der Waals surface area contributed by atoms with Gasteiger partial charge in [0.15, 0.2) is 11.5 Å². The van der Waals surface area contributed by atoms with Crippen LogP contribution >= 0.6 is 0 Å². The van der Waals surface area contributed by atoms with Gasteiger partial charge in [-0.2, -0.15) is 0 Å². The molecule has 8 aromatic carbocycles. The summed E-state index contributed by atoms with van der Waals surface area (Å²) < 4.78 is 8.71. The maximum atomic E-state index is 6.42. The fourth-order valence-electron chi connectivity index (χ4n) is 10.8. The second kappa shape index (κ2) is 9.91. The molecule has 0 saturated carbocycles. The molecule has 0 N–H and O–H groups in total. The van der Waals surface area contributed by atoms with E-state index in [1.807, 2.05) is 24.3 Å². The summed E-state index contributed by atoms with van der Waals surface area (Å²) in [5, 5.41) is 0. The van der Waals surface area contributed by atoms with Crippen LogP contribution in [0.4, 0.5) is 0 Å². The zero-order valence-electron chi connectivity index (χ0n) is 29.1. The number of aromatic nitrogens is 2. The van der Waals surface area contributed by atoms with Crippen molar-refractivity contribution >= 4 is 11.0 Å². The minimum absolute atomic E-state index is 0.466. The first-order chi connectivity index (χ1) is 26.8. The van der Waals surface area contributed by atoms with Crippen molar-refractivity contribution in [3.05, 3.63) is 226 Å². The number of benzene rings is 8. The summed E-state index contributed by atoms with van der Waals surface area (Å²) in [7, 11) is 0. The second-order valence-electron chi connectivity index (χ2n) is 15.0. The molecule has 13 rings (SSSR count). The lowest BCUT2D eigenvalue weighted by molar-refractivity contribution is 0.476. The number of nitrogens with zero attached hydrogens (tertiary/aromatic N) is 2. The molecule has 0 bridgehead atoms. The molecule has 1 aliphatic heterocycles. The fourth-order valence-corrected chi connectivity index (χ4v) is 10.8. The van der Waals surface area contributed by atoms with E-state index in [-0.39, 0.29) is 0 Å². The minimum atomic E-state index is -0.563. The van der Waals surface area contributed by atoms with Crippen LogP contribution in [0.2, 0.25) is 0 Å². The molecule has 250 valence electrons. The van der Waals surface area contributed by atoms with Crippen molar-refractivity contribution in [2.45, 2.75) is 10.8 Å². The van der Waals surface area contributed by atoms with Gasteiger partial charge in [0, 0.05) is 5.56 Å². The zero-order chi connectivity index (χ0) is 35.2. The number of ether oxygens (including phenoxy) is 1. The summed E-state index contributed by atoms with van der Waals surface area (Å²) in [4.78, 5) is 5.34. The Morgan fingerprint density at radius 1 is 0.389 bits per heavy atom. The van der Waals surface area contributed by atoms with Crippen LogP contribution in [0.1, 0.15) is 44.5 Å². The molecule has 9 aromatic rings. The average Bonchev–Trinajstić information content (AvgIpc) is 3.87. The highest BCUT2D eigenvalue weighted by Crippen LogP contribution is 2.67. The number of hydrogen-bond acceptors (Lipinski definition) is 2. The summed E-state index contributed by atoms with van der Waals surface area (Å²) in [6, 6.07) is 67.3. The molecule has 2 heterocycles. The Hall–Kier alpha value is -6.97. The van der Waals surface area contributed by atoms with E-state index in [1.165, 1.54) is 66.8 Å². The lowest BCUT2D eigenvalue weighted by atomic mass is 9.52. The van der Waals surface area contributed by atoms with Gasteiger partial charge in [0.25, 0.3) is 0 Å². The Morgan fingerprint density at radius 3 is 1.44 bits per heavy atom. The van der Waals surface area contributed by atoms with Gasteiger partial charge in [-0.3, -0.25) is 4.57 Å². The topological polar surface area (TPSA) is 27.1 Å². The number of hydrogen-bond donors (Lipinski definition) is 0. The third kappa shape index (κ3) is 3.17. The first-order valence-corrected chi connectivity index (χ1v) is 18.7. The molecule has 3 heteroatoms. The largest absolute Gasteiger partial charge is 0.453 e. The van der Waals surface area contributed by atoms with Crippen molar-refractivity contribution in [1.29, 1.82) is 0 Å². The second-order valence-corrected chi connectivity index (χ2v) is 15.0. The molecule has 54 heavy (non-hydrogen) atoms. The molecule has 3 aliphatic carbocycles. The molecule has 3 nitrogen and oxygen atoms in total. The molecule has 2 spiro atoms. The summed E-state index contributed by atoms with van der Waals surface area (Å²) >= 11 is 0. The van der Waals surface area contributed by atoms with Gasteiger partial charge in [-0.15, -0.1) is 0 Å². The molecule has 0 saturated heterocycles. The van der Waals surface area contributed by atoms with Gasteiger partial charge in [-0.05, 0) is 97.1 Å². The van der Waals surface area contributed by atoms with Crippen molar-refractivity contribution in [2.75, 3.05) is 0 Å². The summed E-state index contributed by atoms with van der Waals surface area (Å²) in [5.41, 5.74) is 18.8. The van der Waals surface area contributed by atoms with E-state index < -0.39 is 10.8 Å². The Balaban J connectivity index is 1.16. The lowest BCUT2D eigenvalue weighted by Gasteiger charge is -2.48. The van der Waals surface area contributed by atoms with Crippen LogP contribution in [0.5, 0.6) is 11.5 Å². The number of fused-ring (bicyclic) bond motifs is 18. The Morgan fingerprint density at radius 2 is 0.852 bits per heavy atom. The van der Waals surface area contributed by atoms with Crippen molar-refractivity contribution in [3.8, 4) is 50.8 Å². The zero-order valence-corrected chi connectivity index (χ0v) is 29.1.